The van der Waals surface area contributed by atoms with E-state index in [9.17, 15) is 9.59 Å². The number of aliphatic carboxylic acids is 1. The number of ketones is 1. The molecule has 14 heavy (non-hydrogen) atoms. The minimum absolute atomic E-state index is 0.106. The van der Waals surface area contributed by atoms with Gasteiger partial charge in [-0.25, -0.2) is 0 Å². The summed E-state index contributed by atoms with van der Waals surface area (Å²) in [6.07, 6.45) is 6.10. The second kappa shape index (κ2) is 4.74. The second-order valence-corrected chi connectivity index (χ2v) is 3.50. The molecule has 0 aromatic rings. The monoisotopic (exact) mass is 194 g/mol. The first kappa shape index (κ1) is 10.7. The van der Waals surface area contributed by atoms with Crippen LogP contribution < -0.4 is 0 Å². The highest BCUT2D eigenvalue weighted by Crippen LogP contribution is 2.23. The Bertz CT molecular complexity index is 310. The molecule has 1 rings (SSSR count). The average Bonchev–Trinajstić information content (AvgIpc) is 2.52. The Balaban J connectivity index is 2.25. The van der Waals surface area contributed by atoms with E-state index in [1.165, 1.54) is 0 Å². The van der Waals surface area contributed by atoms with Crippen molar-refractivity contribution in [3.63, 3.8) is 0 Å². The van der Waals surface area contributed by atoms with Crippen molar-refractivity contribution in [2.75, 3.05) is 0 Å². The van der Waals surface area contributed by atoms with Crippen LogP contribution in [0.25, 0.3) is 0 Å². The summed E-state index contributed by atoms with van der Waals surface area (Å²) >= 11 is 0. The average molecular weight is 194 g/mol. The van der Waals surface area contributed by atoms with Gasteiger partial charge in [0, 0.05) is 6.42 Å². The summed E-state index contributed by atoms with van der Waals surface area (Å²) in [4.78, 5) is 21.2. The predicted octanol–water partition coefficient (Wildman–Crippen LogP) is 2.09. The lowest BCUT2D eigenvalue weighted by Gasteiger charge is -2.01. The minimum Gasteiger partial charge on any atom is -0.481 e. The van der Waals surface area contributed by atoms with E-state index in [1.54, 1.807) is 6.92 Å². The van der Waals surface area contributed by atoms with Gasteiger partial charge in [-0.2, -0.15) is 0 Å². The number of rotatable bonds is 5. The molecule has 0 spiro atoms. The number of Topliss-reactive ketones (excluding diaryl/α,β-unsaturated/α-hetero) is 1. The van der Waals surface area contributed by atoms with Gasteiger partial charge in [-0.15, -0.1) is 0 Å². The second-order valence-electron chi connectivity index (χ2n) is 3.50. The fourth-order valence-electron chi connectivity index (χ4n) is 1.46. The molecule has 1 aliphatic rings. The molecule has 0 aromatic carbocycles. The molecular formula is C11H14O3. The quantitative estimate of drug-likeness (QED) is 0.729. The van der Waals surface area contributed by atoms with Gasteiger partial charge in [0.15, 0.2) is 5.78 Å². The largest absolute Gasteiger partial charge is 0.481 e. The Hall–Kier alpha value is -1.38. The highest BCUT2D eigenvalue weighted by Gasteiger charge is 2.11. The summed E-state index contributed by atoms with van der Waals surface area (Å²) in [6.45, 7) is 1.56. The van der Waals surface area contributed by atoms with E-state index in [1.807, 2.05) is 12.2 Å². The molecule has 3 nitrogen and oxygen atoms in total. The highest BCUT2D eigenvalue weighted by atomic mass is 16.4. The van der Waals surface area contributed by atoms with Crippen LogP contribution in [-0.4, -0.2) is 16.9 Å². The van der Waals surface area contributed by atoms with E-state index in [4.69, 9.17) is 5.11 Å². The van der Waals surface area contributed by atoms with Gasteiger partial charge >= 0.3 is 5.97 Å². The van der Waals surface area contributed by atoms with E-state index in [-0.39, 0.29) is 12.2 Å². The molecule has 0 saturated carbocycles. The normalized spacial score (nSPS) is 14.9. The lowest BCUT2D eigenvalue weighted by molar-refractivity contribution is -0.137. The summed E-state index contributed by atoms with van der Waals surface area (Å²) in [6, 6.07) is 0. The Morgan fingerprint density at radius 3 is 2.64 bits per heavy atom. The Labute approximate surface area is 83.1 Å². The molecule has 76 valence electrons. The number of allylic oxidation sites excluding steroid dienone is 4. The third kappa shape index (κ3) is 3.17. The van der Waals surface area contributed by atoms with Crippen LogP contribution in [0, 0.1) is 0 Å². The van der Waals surface area contributed by atoms with Gasteiger partial charge in [-0.1, -0.05) is 17.7 Å². The molecule has 0 heterocycles. The van der Waals surface area contributed by atoms with E-state index in [2.05, 4.69) is 0 Å². The van der Waals surface area contributed by atoms with Crippen molar-refractivity contribution in [3.8, 4) is 0 Å². The molecule has 3 heteroatoms. The molecule has 1 aliphatic carbocycles. The van der Waals surface area contributed by atoms with Crippen LogP contribution in [0.15, 0.2) is 23.3 Å². The number of carbonyl (C=O) groups is 2. The maximum Gasteiger partial charge on any atom is 0.303 e. The molecule has 0 fully saturated rings. The van der Waals surface area contributed by atoms with Gasteiger partial charge in [0.05, 0.1) is 0 Å². The molecule has 0 saturated heterocycles. The zero-order valence-electron chi connectivity index (χ0n) is 8.25. The van der Waals surface area contributed by atoms with Gasteiger partial charge in [0.1, 0.15) is 0 Å². The first-order valence-electron chi connectivity index (χ1n) is 4.71. The smallest absolute Gasteiger partial charge is 0.303 e. The maximum atomic E-state index is 11.0. The summed E-state index contributed by atoms with van der Waals surface area (Å²) < 4.78 is 0. The van der Waals surface area contributed by atoms with Crippen LogP contribution >= 0.6 is 0 Å². The third-order valence-corrected chi connectivity index (χ3v) is 2.28. The van der Waals surface area contributed by atoms with Gasteiger partial charge in [-0.3, -0.25) is 9.59 Å². The number of carboxylic acids is 1. The van der Waals surface area contributed by atoms with E-state index in [0.29, 0.717) is 12.8 Å². The number of carbonyl (C=O) groups excluding carboxylic acids is 1. The molecular weight excluding hydrogens is 180 g/mol. The van der Waals surface area contributed by atoms with Crippen LogP contribution in [0.5, 0.6) is 0 Å². The van der Waals surface area contributed by atoms with Crippen molar-refractivity contribution < 1.29 is 14.7 Å². The highest BCUT2D eigenvalue weighted by molar-refractivity contribution is 5.94. The standard InChI is InChI=1S/C11H14O3/c1-8(12)10-6-5-9(7-10)3-2-4-11(13)14/h5-6H,2-4,7H2,1H3,(H,13,14). The molecule has 0 bridgehead atoms. The zero-order valence-corrected chi connectivity index (χ0v) is 8.25. The first-order valence-corrected chi connectivity index (χ1v) is 4.71. The SMILES string of the molecule is CC(=O)C1=CC=C(CCCC(=O)O)C1. The minimum atomic E-state index is -0.761. The lowest BCUT2D eigenvalue weighted by Crippen LogP contribution is -1.96. The third-order valence-electron chi connectivity index (χ3n) is 2.28. The van der Waals surface area contributed by atoms with E-state index >= 15 is 0 Å². The van der Waals surface area contributed by atoms with Crippen LogP contribution in [0.1, 0.15) is 32.6 Å². The maximum absolute atomic E-state index is 11.0. The van der Waals surface area contributed by atoms with Gasteiger partial charge in [-0.05, 0) is 31.8 Å². The molecule has 0 aromatic heterocycles. The number of carboxylic acid groups (broad SMARTS) is 1. The Morgan fingerprint density at radius 2 is 2.14 bits per heavy atom. The van der Waals surface area contributed by atoms with Crippen molar-refractivity contribution in [1.29, 1.82) is 0 Å². The predicted molar refractivity (Wildman–Crippen MR) is 53.0 cm³/mol. The van der Waals surface area contributed by atoms with Crippen LogP contribution in [0.3, 0.4) is 0 Å². The fourth-order valence-corrected chi connectivity index (χ4v) is 1.46. The van der Waals surface area contributed by atoms with Crippen LogP contribution in [0.4, 0.5) is 0 Å². The Morgan fingerprint density at radius 1 is 1.43 bits per heavy atom. The summed E-state index contributed by atoms with van der Waals surface area (Å²) in [5.41, 5.74) is 1.99. The first-order chi connectivity index (χ1) is 6.59. The summed E-state index contributed by atoms with van der Waals surface area (Å²) in [5.74, 6) is -0.655. The topological polar surface area (TPSA) is 54.4 Å². The van der Waals surface area contributed by atoms with Gasteiger partial charge < -0.3 is 5.11 Å². The van der Waals surface area contributed by atoms with Crippen LogP contribution in [-0.2, 0) is 9.59 Å². The fraction of sp³-hybridized carbons (Fsp3) is 0.455. The van der Waals surface area contributed by atoms with Crippen molar-refractivity contribution in [3.05, 3.63) is 23.3 Å². The molecule has 0 radical (unpaired) electrons. The van der Waals surface area contributed by atoms with Gasteiger partial charge in [0.25, 0.3) is 0 Å². The number of hydrogen-bond acceptors (Lipinski definition) is 2. The van der Waals surface area contributed by atoms with Crippen molar-refractivity contribution in [2.45, 2.75) is 32.6 Å². The van der Waals surface area contributed by atoms with E-state index in [0.717, 1.165) is 17.6 Å². The summed E-state index contributed by atoms with van der Waals surface area (Å²) in [7, 11) is 0. The van der Waals surface area contributed by atoms with Gasteiger partial charge in [0.2, 0.25) is 0 Å². The molecule has 0 unspecified atom stereocenters. The van der Waals surface area contributed by atoms with Crippen molar-refractivity contribution in [2.24, 2.45) is 0 Å². The van der Waals surface area contributed by atoms with E-state index < -0.39 is 5.97 Å². The molecule has 0 atom stereocenters. The lowest BCUT2D eigenvalue weighted by atomic mass is 10.0. The summed E-state index contributed by atoms with van der Waals surface area (Å²) in [5, 5.41) is 8.44. The molecule has 1 N–H and O–H groups in total. The molecule has 0 amide bonds. The Kier molecular flexibility index (Phi) is 3.63. The number of hydrogen-bond donors (Lipinski definition) is 1. The van der Waals surface area contributed by atoms with Crippen molar-refractivity contribution in [1.82, 2.24) is 0 Å². The molecule has 0 aliphatic heterocycles. The van der Waals surface area contributed by atoms with Crippen LogP contribution in [0.2, 0.25) is 0 Å². The zero-order chi connectivity index (χ0) is 10.6. The van der Waals surface area contributed by atoms with Crippen molar-refractivity contribution >= 4 is 11.8 Å².